The molecular formula is C40H63NO3. The molecule has 6 rings (SSSR count). The summed E-state index contributed by atoms with van der Waals surface area (Å²) in [6.45, 7) is 24.7. The molecule has 1 heterocycles. The molecule has 0 aromatic rings. The molecule has 2 unspecified atom stereocenters. The number of rotatable bonds is 3. The van der Waals surface area contributed by atoms with Crippen molar-refractivity contribution in [2.24, 2.45) is 62.6 Å². The number of dihydropyridines is 1. The third-order valence-corrected chi connectivity index (χ3v) is 16.3. The van der Waals surface area contributed by atoms with Crippen LogP contribution in [0.5, 0.6) is 0 Å². The first-order valence-corrected chi connectivity index (χ1v) is 18.0. The van der Waals surface area contributed by atoms with Crippen LogP contribution < -0.4 is 5.32 Å². The molecule has 0 aromatic heterocycles. The smallest absolute Gasteiger partial charge is 0.336 e. The first-order chi connectivity index (χ1) is 20.5. The Morgan fingerprint density at radius 3 is 2.23 bits per heavy atom. The van der Waals surface area contributed by atoms with E-state index in [1.807, 2.05) is 7.11 Å². The quantitative estimate of drug-likeness (QED) is 0.257. The fourth-order valence-electron chi connectivity index (χ4n) is 13.6. The van der Waals surface area contributed by atoms with Crippen molar-refractivity contribution >= 4 is 5.97 Å². The van der Waals surface area contributed by atoms with E-state index >= 15 is 0 Å². The highest BCUT2D eigenvalue weighted by molar-refractivity contribution is 5.91. The lowest BCUT2D eigenvalue weighted by molar-refractivity contribution is -0.209. The molecule has 0 amide bonds. The lowest BCUT2D eigenvalue weighted by Gasteiger charge is -2.72. The maximum atomic E-state index is 13.6. The van der Waals surface area contributed by atoms with Crippen molar-refractivity contribution in [3.8, 4) is 0 Å². The number of nitrogens with one attached hydrogen (secondary N) is 1. The van der Waals surface area contributed by atoms with Crippen LogP contribution in [-0.4, -0.2) is 26.3 Å². The van der Waals surface area contributed by atoms with E-state index in [0.717, 1.165) is 11.3 Å². The van der Waals surface area contributed by atoms with Gasteiger partial charge in [0.05, 0.1) is 18.8 Å². The number of methoxy groups -OCH3 is 2. The standard InChI is InChI=1S/C40H63NO3/c1-23-15-20-40(34-25(3)26(4)41-27(5)32(34)35(42)44-12)22-21-38(9)28(33(40)24(23)2)13-14-30-37(8)18-17-31(43-11)36(6,7)29(37)16-19-39(30,38)10/h13,23-24,29-31,33-34,41H,14-22H2,1-12H3/t23-,24+,29?,30-,31+,33+,34?,37+,38-,39-,40+/m1/s1. The highest BCUT2D eigenvalue weighted by Gasteiger charge is 2.69. The van der Waals surface area contributed by atoms with E-state index in [2.05, 4.69) is 80.6 Å². The Kier molecular flexibility index (Phi) is 7.71. The monoisotopic (exact) mass is 605 g/mol. The zero-order valence-corrected chi connectivity index (χ0v) is 30.2. The number of ether oxygens (including phenoxy) is 2. The van der Waals surface area contributed by atoms with Crippen LogP contribution in [-0.2, 0) is 14.3 Å². The fourth-order valence-corrected chi connectivity index (χ4v) is 13.6. The van der Waals surface area contributed by atoms with Crippen molar-refractivity contribution in [1.29, 1.82) is 0 Å². The molecule has 0 bridgehead atoms. The Morgan fingerprint density at radius 1 is 0.864 bits per heavy atom. The van der Waals surface area contributed by atoms with E-state index < -0.39 is 0 Å². The molecule has 44 heavy (non-hydrogen) atoms. The molecular weight excluding hydrogens is 542 g/mol. The summed E-state index contributed by atoms with van der Waals surface area (Å²) in [5, 5.41) is 3.56. The molecule has 1 N–H and O–H groups in total. The SMILES string of the molecule is COC(=O)C1=C(C)NC(C)=C(C)C1[C@]12CC[C@@H](C)[C@H](C)[C@H]1C1=CC[C@@H]3[C@@]4(C)CC[C@H](OC)C(C)(C)C4CC[C@@]3(C)[C@]1(C)CC2. The lowest BCUT2D eigenvalue weighted by atomic mass is 9.32. The maximum absolute atomic E-state index is 13.6. The van der Waals surface area contributed by atoms with E-state index in [-0.39, 0.29) is 33.5 Å². The summed E-state index contributed by atoms with van der Waals surface area (Å²) in [6.07, 6.45) is 14.3. The highest BCUT2D eigenvalue weighted by atomic mass is 16.5. The van der Waals surface area contributed by atoms with Gasteiger partial charge in [-0.3, -0.25) is 0 Å². The van der Waals surface area contributed by atoms with Gasteiger partial charge in [-0.1, -0.05) is 60.1 Å². The van der Waals surface area contributed by atoms with Crippen molar-refractivity contribution in [2.45, 2.75) is 133 Å². The van der Waals surface area contributed by atoms with Gasteiger partial charge in [0.2, 0.25) is 0 Å². The van der Waals surface area contributed by atoms with E-state index in [0.29, 0.717) is 41.1 Å². The Labute approximate surface area is 269 Å². The number of allylic oxidation sites excluding steroid dienone is 5. The lowest BCUT2D eigenvalue weighted by Crippen LogP contribution is -2.65. The molecule has 0 aromatic carbocycles. The normalized spacial score (nSPS) is 48.3. The van der Waals surface area contributed by atoms with Gasteiger partial charge >= 0.3 is 5.97 Å². The van der Waals surface area contributed by atoms with Crippen LogP contribution in [0.25, 0.3) is 0 Å². The average molecular weight is 606 g/mol. The molecule has 246 valence electrons. The second-order valence-corrected chi connectivity index (χ2v) is 17.9. The Bertz CT molecular complexity index is 1310. The summed E-state index contributed by atoms with van der Waals surface area (Å²) in [4.78, 5) is 13.6. The van der Waals surface area contributed by atoms with E-state index in [1.54, 1.807) is 12.7 Å². The summed E-state index contributed by atoms with van der Waals surface area (Å²) in [7, 11) is 3.49. The van der Waals surface area contributed by atoms with Crippen molar-refractivity contribution in [2.75, 3.05) is 14.2 Å². The fraction of sp³-hybridized carbons (Fsp3) is 0.825. The largest absolute Gasteiger partial charge is 0.466 e. The minimum absolute atomic E-state index is 0.0400. The second kappa shape index (κ2) is 10.5. The Morgan fingerprint density at radius 2 is 1.57 bits per heavy atom. The maximum Gasteiger partial charge on any atom is 0.336 e. The molecule has 0 spiro atoms. The predicted octanol–water partition coefficient (Wildman–Crippen LogP) is 9.62. The van der Waals surface area contributed by atoms with Crippen molar-refractivity contribution < 1.29 is 14.3 Å². The van der Waals surface area contributed by atoms with Crippen molar-refractivity contribution in [3.63, 3.8) is 0 Å². The van der Waals surface area contributed by atoms with Crippen molar-refractivity contribution in [1.82, 2.24) is 5.32 Å². The molecule has 11 atom stereocenters. The van der Waals surface area contributed by atoms with Gasteiger partial charge < -0.3 is 14.8 Å². The van der Waals surface area contributed by atoms with Crippen LogP contribution in [0.1, 0.15) is 127 Å². The van der Waals surface area contributed by atoms with Gasteiger partial charge in [-0.15, -0.1) is 0 Å². The van der Waals surface area contributed by atoms with Crippen LogP contribution >= 0.6 is 0 Å². The van der Waals surface area contributed by atoms with Gasteiger partial charge in [-0.25, -0.2) is 4.79 Å². The molecule has 4 saturated carbocycles. The Hall–Kier alpha value is -1.55. The van der Waals surface area contributed by atoms with Crippen LogP contribution in [0.2, 0.25) is 0 Å². The number of fused-ring (bicyclic) bond motifs is 7. The highest BCUT2D eigenvalue weighted by Crippen LogP contribution is 2.77. The third kappa shape index (κ3) is 4.00. The van der Waals surface area contributed by atoms with Gasteiger partial charge in [-0.05, 0) is 141 Å². The van der Waals surface area contributed by atoms with Gasteiger partial charge in [0.15, 0.2) is 0 Å². The van der Waals surface area contributed by atoms with Gasteiger partial charge in [0.1, 0.15) is 0 Å². The topological polar surface area (TPSA) is 47.6 Å². The zero-order valence-electron chi connectivity index (χ0n) is 30.2. The summed E-state index contributed by atoms with van der Waals surface area (Å²) < 4.78 is 11.6. The van der Waals surface area contributed by atoms with E-state index in [1.165, 1.54) is 69.1 Å². The average Bonchev–Trinajstić information content (AvgIpc) is 2.96. The van der Waals surface area contributed by atoms with Gasteiger partial charge in [-0.2, -0.15) is 0 Å². The third-order valence-electron chi connectivity index (χ3n) is 16.3. The first-order valence-electron chi connectivity index (χ1n) is 18.0. The Balaban J connectivity index is 1.49. The van der Waals surface area contributed by atoms with Gasteiger partial charge in [0, 0.05) is 24.4 Å². The van der Waals surface area contributed by atoms with E-state index in [9.17, 15) is 4.79 Å². The van der Waals surface area contributed by atoms with Crippen LogP contribution in [0.15, 0.2) is 34.2 Å². The number of carbonyl (C=O) groups excluding carboxylic acids is 1. The minimum atomic E-state index is -0.148. The molecule has 0 radical (unpaired) electrons. The molecule has 0 saturated heterocycles. The first kappa shape index (κ1) is 32.4. The number of carbonyl (C=O) groups is 1. The summed E-state index contributed by atoms with van der Waals surface area (Å²) in [5.41, 5.74) is 7.23. The van der Waals surface area contributed by atoms with Crippen molar-refractivity contribution in [3.05, 3.63) is 34.2 Å². The van der Waals surface area contributed by atoms with Crippen LogP contribution in [0.4, 0.5) is 0 Å². The molecule has 6 aliphatic rings. The number of hydrogen-bond donors (Lipinski definition) is 1. The number of hydrogen-bond acceptors (Lipinski definition) is 4. The predicted molar refractivity (Wildman–Crippen MR) is 179 cm³/mol. The van der Waals surface area contributed by atoms with Gasteiger partial charge in [0.25, 0.3) is 0 Å². The molecule has 4 fully saturated rings. The molecule has 4 nitrogen and oxygen atoms in total. The minimum Gasteiger partial charge on any atom is -0.466 e. The van der Waals surface area contributed by atoms with Crippen LogP contribution in [0, 0.1) is 62.6 Å². The molecule has 5 aliphatic carbocycles. The second-order valence-electron chi connectivity index (χ2n) is 17.9. The van der Waals surface area contributed by atoms with Crippen LogP contribution in [0.3, 0.4) is 0 Å². The van der Waals surface area contributed by atoms with E-state index in [4.69, 9.17) is 9.47 Å². The summed E-state index contributed by atoms with van der Waals surface area (Å²) >= 11 is 0. The zero-order chi connectivity index (χ0) is 32.2. The summed E-state index contributed by atoms with van der Waals surface area (Å²) in [6, 6.07) is 0. The number of esters is 1. The molecule has 1 aliphatic heterocycles. The summed E-state index contributed by atoms with van der Waals surface area (Å²) in [5.74, 6) is 3.09. The molecule has 4 heteroatoms.